The number of amides is 1. The third kappa shape index (κ3) is 6.72. The molecule has 8 rings (SSSR count). The monoisotopic (exact) mass is 725 g/mol. The first-order valence-electron chi connectivity index (χ1n) is 17.6. The number of ether oxygens (including phenoxy) is 1. The zero-order valence-corrected chi connectivity index (χ0v) is 30.4. The van der Waals surface area contributed by atoms with Crippen LogP contribution in [0.2, 0.25) is 0 Å². The van der Waals surface area contributed by atoms with Gasteiger partial charge in [-0.3, -0.25) is 4.79 Å². The first kappa shape index (κ1) is 34.1. The number of aromatic nitrogens is 1. The number of hydrogen-bond acceptors (Lipinski definition) is 6. The number of pyridine rings is 1. The molecule has 262 valence electrons. The molecule has 0 radical (unpaired) electrons. The molecular formula is C43H39N3O4S2. The van der Waals surface area contributed by atoms with E-state index in [4.69, 9.17) is 9.72 Å². The smallest absolute Gasteiger partial charge is 0.282 e. The second kappa shape index (κ2) is 14.2. The topological polar surface area (TPSA) is 88.6 Å². The van der Waals surface area contributed by atoms with Crippen LogP contribution in [-0.2, 0) is 10.0 Å². The number of piperidine rings is 1. The Labute approximate surface area is 308 Å². The number of benzene rings is 5. The molecule has 0 bridgehead atoms. The standard InChI is InChI=1S/C43H39N3O4S2/c1-3-29(27-44-52(48,49)41-15-9-11-30-10-7-8-14-35(30)41)32-22-23-46-40(25-32)42(51-43(46)47)37-26-39(45-38-21-16-28(2)24-36(37)38)31-17-19-34(20-18-31)50-33-12-5-4-6-13-33/h3-21,24,26,29,32,40,42,44H,1,22-23,25,27H2,2H3/t29-,32-,40-,42-/m0/s1. The van der Waals surface area contributed by atoms with Crippen LogP contribution in [0, 0.1) is 18.8 Å². The first-order chi connectivity index (χ1) is 25.3. The largest absolute Gasteiger partial charge is 0.457 e. The number of fused-ring (bicyclic) bond motifs is 3. The molecule has 2 fully saturated rings. The molecule has 3 heterocycles. The Hall–Kier alpha value is -4.96. The number of nitrogens with one attached hydrogen (secondary N) is 1. The van der Waals surface area contributed by atoms with Crippen molar-refractivity contribution in [1.29, 1.82) is 0 Å². The van der Waals surface area contributed by atoms with E-state index in [0.717, 1.165) is 63.0 Å². The van der Waals surface area contributed by atoms with E-state index in [1.807, 2.05) is 95.9 Å². The van der Waals surface area contributed by atoms with Crippen LogP contribution < -0.4 is 9.46 Å². The zero-order chi connectivity index (χ0) is 35.8. The van der Waals surface area contributed by atoms with E-state index in [1.165, 1.54) is 11.8 Å². The summed E-state index contributed by atoms with van der Waals surface area (Å²) in [6.45, 7) is 7.06. The second-order valence-electron chi connectivity index (χ2n) is 13.6. The number of nitrogens with zero attached hydrogens (tertiary/aromatic N) is 2. The molecule has 0 spiro atoms. The molecule has 9 heteroatoms. The van der Waals surface area contributed by atoms with Gasteiger partial charge in [0.05, 0.1) is 21.4 Å². The molecule has 0 saturated carbocycles. The number of thioether (sulfide) groups is 1. The minimum absolute atomic E-state index is 0.0472. The summed E-state index contributed by atoms with van der Waals surface area (Å²) in [6, 6.07) is 38.9. The number of hydrogen-bond donors (Lipinski definition) is 1. The highest BCUT2D eigenvalue weighted by molar-refractivity contribution is 8.14. The highest BCUT2D eigenvalue weighted by atomic mass is 32.2. The number of carbonyl (C=O) groups is 1. The summed E-state index contributed by atoms with van der Waals surface area (Å²) in [5.41, 5.74) is 4.90. The van der Waals surface area contributed by atoms with Crippen LogP contribution in [0.15, 0.2) is 139 Å². The third-order valence-electron chi connectivity index (χ3n) is 10.4. The molecule has 4 atom stereocenters. The van der Waals surface area contributed by atoms with Gasteiger partial charge in [0, 0.05) is 35.5 Å². The minimum Gasteiger partial charge on any atom is -0.457 e. The SMILES string of the molecule is C=C[C@@H](CNS(=O)(=O)c1cccc2ccccc12)[C@H]1CCN2C(=O)S[C@@H](c3cc(-c4ccc(Oc5ccccc5)cc4)nc4ccc(C)cc34)[C@@H]2C1. The molecule has 1 aromatic heterocycles. The van der Waals surface area contributed by atoms with Crippen molar-refractivity contribution in [1.82, 2.24) is 14.6 Å². The molecule has 1 amide bonds. The summed E-state index contributed by atoms with van der Waals surface area (Å²) in [5, 5.41) is 2.59. The van der Waals surface area contributed by atoms with Gasteiger partial charge in [-0.05, 0) is 103 Å². The van der Waals surface area contributed by atoms with Gasteiger partial charge in [0.2, 0.25) is 10.0 Å². The maximum absolute atomic E-state index is 13.6. The molecule has 0 unspecified atom stereocenters. The van der Waals surface area contributed by atoms with Crippen LogP contribution in [-0.4, -0.2) is 42.7 Å². The molecule has 52 heavy (non-hydrogen) atoms. The molecule has 7 nitrogen and oxygen atoms in total. The normalized spacial score (nSPS) is 19.4. The number of rotatable bonds is 10. The molecule has 2 saturated heterocycles. The van der Waals surface area contributed by atoms with Gasteiger partial charge >= 0.3 is 0 Å². The van der Waals surface area contributed by atoms with Crippen molar-refractivity contribution in [2.24, 2.45) is 11.8 Å². The molecule has 2 aliphatic rings. The van der Waals surface area contributed by atoms with Crippen molar-refractivity contribution in [3.05, 3.63) is 145 Å². The molecular weight excluding hydrogens is 687 g/mol. The Morgan fingerprint density at radius 3 is 2.48 bits per heavy atom. The Balaban J connectivity index is 1.06. The molecule has 0 aliphatic carbocycles. The molecule has 2 aliphatic heterocycles. The molecule has 1 N–H and O–H groups in total. The lowest BCUT2D eigenvalue weighted by Gasteiger charge is -2.39. The van der Waals surface area contributed by atoms with Gasteiger partial charge in [0.1, 0.15) is 11.5 Å². The Morgan fingerprint density at radius 1 is 0.923 bits per heavy atom. The van der Waals surface area contributed by atoms with Gasteiger partial charge in [-0.1, -0.05) is 84.1 Å². The quantitative estimate of drug-likeness (QED) is 0.142. The summed E-state index contributed by atoms with van der Waals surface area (Å²) in [5.74, 6) is 1.56. The maximum Gasteiger partial charge on any atom is 0.282 e. The van der Waals surface area contributed by atoms with E-state index in [2.05, 4.69) is 42.5 Å². The summed E-state index contributed by atoms with van der Waals surface area (Å²) in [7, 11) is -3.77. The van der Waals surface area contributed by atoms with Gasteiger partial charge in [-0.2, -0.15) is 0 Å². The van der Waals surface area contributed by atoms with Gasteiger partial charge in [-0.15, -0.1) is 6.58 Å². The lowest BCUT2D eigenvalue weighted by atomic mass is 9.79. The highest BCUT2D eigenvalue weighted by Gasteiger charge is 2.46. The van der Waals surface area contributed by atoms with Crippen molar-refractivity contribution >= 4 is 48.7 Å². The number of aryl methyl sites for hydroxylation is 1. The average molecular weight is 726 g/mol. The van der Waals surface area contributed by atoms with E-state index in [9.17, 15) is 13.2 Å². The predicted octanol–water partition coefficient (Wildman–Crippen LogP) is 9.92. The Bertz CT molecular complexity index is 2390. The molecule has 6 aromatic rings. The molecule has 5 aromatic carbocycles. The second-order valence-corrected chi connectivity index (χ2v) is 16.5. The van der Waals surface area contributed by atoms with Crippen molar-refractivity contribution in [3.63, 3.8) is 0 Å². The van der Waals surface area contributed by atoms with E-state index < -0.39 is 10.0 Å². The predicted molar refractivity (Wildman–Crippen MR) is 210 cm³/mol. The van der Waals surface area contributed by atoms with E-state index >= 15 is 0 Å². The van der Waals surface area contributed by atoms with E-state index in [-0.39, 0.29) is 39.8 Å². The fraction of sp³-hybridized carbons (Fsp3) is 0.209. The number of sulfonamides is 1. The Morgan fingerprint density at radius 2 is 1.67 bits per heavy atom. The van der Waals surface area contributed by atoms with Crippen LogP contribution in [0.3, 0.4) is 0 Å². The summed E-state index contributed by atoms with van der Waals surface area (Å²) >= 11 is 1.39. The lowest BCUT2D eigenvalue weighted by Crippen LogP contribution is -2.44. The summed E-state index contributed by atoms with van der Waals surface area (Å²) in [6.07, 6.45) is 3.40. The van der Waals surface area contributed by atoms with Gasteiger partial charge in [0.25, 0.3) is 5.24 Å². The fourth-order valence-corrected chi connectivity index (χ4v) is 10.3. The third-order valence-corrected chi connectivity index (χ3v) is 13.1. The minimum atomic E-state index is -3.77. The van der Waals surface area contributed by atoms with Gasteiger partial charge in [-0.25, -0.2) is 18.1 Å². The Kier molecular flexibility index (Phi) is 9.34. The van der Waals surface area contributed by atoms with Crippen LogP contribution in [0.25, 0.3) is 32.9 Å². The van der Waals surface area contributed by atoms with Crippen molar-refractivity contribution in [3.8, 4) is 22.8 Å². The number of carbonyl (C=O) groups excluding carboxylic acids is 1. The first-order valence-corrected chi connectivity index (χ1v) is 20.0. The fourth-order valence-electron chi connectivity index (χ4n) is 7.68. The van der Waals surface area contributed by atoms with Crippen molar-refractivity contribution < 1.29 is 17.9 Å². The van der Waals surface area contributed by atoms with Crippen molar-refractivity contribution in [2.75, 3.05) is 13.1 Å². The van der Waals surface area contributed by atoms with E-state index in [0.29, 0.717) is 11.9 Å². The van der Waals surface area contributed by atoms with E-state index in [1.54, 1.807) is 12.1 Å². The summed E-state index contributed by atoms with van der Waals surface area (Å²) in [4.78, 5) is 20.9. The van der Waals surface area contributed by atoms with Gasteiger partial charge < -0.3 is 9.64 Å². The summed E-state index contributed by atoms with van der Waals surface area (Å²) < 4.78 is 36.1. The maximum atomic E-state index is 13.6. The van der Waals surface area contributed by atoms with Crippen LogP contribution in [0.1, 0.15) is 29.2 Å². The lowest BCUT2D eigenvalue weighted by molar-refractivity contribution is 0.135. The number of para-hydroxylation sites is 1. The highest BCUT2D eigenvalue weighted by Crippen LogP contribution is 2.51. The van der Waals surface area contributed by atoms with Crippen LogP contribution in [0.4, 0.5) is 4.79 Å². The van der Waals surface area contributed by atoms with Gasteiger partial charge in [0.15, 0.2) is 0 Å². The van der Waals surface area contributed by atoms with Crippen LogP contribution in [0.5, 0.6) is 11.5 Å². The average Bonchev–Trinajstić information content (AvgIpc) is 3.50. The zero-order valence-electron chi connectivity index (χ0n) is 28.8. The van der Waals surface area contributed by atoms with Crippen LogP contribution >= 0.6 is 11.8 Å². The van der Waals surface area contributed by atoms with Crippen molar-refractivity contribution in [2.45, 2.75) is 36.0 Å².